The maximum atomic E-state index is 12.5. The van der Waals surface area contributed by atoms with Crippen molar-refractivity contribution in [1.29, 1.82) is 0 Å². The van der Waals surface area contributed by atoms with Crippen LogP contribution in [0.5, 0.6) is 0 Å². The lowest BCUT2D eigenvalue weighted by atomic mass is 9.93. The van der Waals surface area contributed by atoms with Crippen molar-refractivity contribution in [3.8, 4) is 12.3 Å². The van der Waals surface area contributed by atoms with E-state index in [-0.39, 0.29) is 35.9 Å². The average Bonchev–Trinajstić information content (AvgIpc) is 2.74. The second kappa shape index (κ2) is 7.81. The van der Waals surface area contributed by atoms with Crippen LogP contribution >= 0.6 is 0 Å². The molecule has 1 rings (SSSR count). The first kappa shape index (κ1) is 18.0. The lowest BCUT2D eigenvalue weighted by molar-refractivity contribution is -0.133. The highest BCUT2D eigenvalue weighted by molar-refractivity contribution is 7.91. The molecule has 0 aromatic rings. The predicted molar refractivity (Wildman–Crippen MR) is 84.2 cm³/mol. The fourth-order valence-electron chi connectivity index (χ4n) is 2.83. The quantitative estimate of drug-likeness (QED) is 0.700. The molecule has 2 unspecified atom stereocenters. The first-order chi connectivity index (χ1) is 9.79. The van der Waals surface area contributed by atoms with Gasteiger partial charge in [-0.25, -0.2) is 8.42 Å². The van der Waals surface area contributed by atoms with Gasteiger partial charge in [0.1, 0.15) is 0 Å². The average molecular weight is 314 g/mol. The summed E-state index contributed by atoms with van der Waals surface area (Å²) in [5.74, 6) is 3.14. The molecule has 0 saturated carbocycles. The second-order valence-electron chi connectivity index (χ2n) is 6.22. The summed E-state index contributed by atoms with van der Waals surface area (Å²) in [6.07, 6.45) is 7.03. The number of hydrogen-bond acceptors (Lipinski definition) is 4. The summed E-state index contributed by atoms with van der Waals surface area (Å²) in [4.78, 5) is 14.0. The highest BCUT2D eigenvalue weighted by Gasteiger charge is 2.34. The molecule has 6 heteroatoms. The zero-order chi connectivity index (χ0) is 16.0. The van der Waals surface area contributed by atoms with Crippen LogP contribution in [0.25, 0.3) is 0 Å². The topological polar surface area (TPSA) is 80.5 Å². The number of nitrogens with zero attached hydrogens (tertiary/aromatic N) is 1. The van der Waals surface area contributed by atoms with Gasteiger partial charge in [0, 0.05) is 12.5 Å². The van der Waals surface area contributed by atoms with Crippen molar-refractivity contribution in [2.24, 2.45) is 17.6 Å². The monoisotopic (exact) mass is 314 g/mol. The molecule has 1 aliphatic rings. The third-order valence-corrected chi connectivity index (χ3v) is 5.58. The van der Waals surface area contributed by atoms with E-state index < -0.39 is 9.84 Å². The zero-order valence-electron chi connectivity index (χ0n) is 12.9. The fraction of sp³-hybridized carbons (Fsp3) is 0.800. The molecule has 0 aromatic heterocycles. The third-order valence-electron chi connectivity index (χ3n) is 3.83. The number of carbonyl (C=O) groups excluding carboxylic acids is 1. The third kappa shape index (κ3) is 5.68. The van der Waals surface area contributed by atoms with Gasteiger partial charge >= 0.3 is 0 Å². The van der Waals surface area contributed by atoms with E-state index in [2.05, 4.69) is 19.8 Å². The van der Waals surface area contributed by atoms with Gasteiger partial charge < -0.3 is 10.6 Å². The Morgan fingerprint density at radius 1 is 1.48 bits per heavy atom. The van der Waals surface area contributed by atoms with E-state index in [1.54, 1.807) is 4.90 Å². The van der Waals surface area contributed by atoms with Crippen LogP contribution in [-0.2, 0) is 14.6 Å². The smallest absolute Gasteiger partial charge is 0.223 e. The minimum absolute atomic E-state index is 0.0257. The normalized spacial score (nSPS) is 22.0. The Balaban J connectivity index is 2.72. The van der Waals surface area contributed by atoms with Gasteiger partial charge in [0.05, 0.1) is 18.1 Å². The Morgan fingerprint density at radius 3 is 2.57 bits per heavy atom. The molecule has 0 radical (unpaired) electrons. The van der Waals surface area contributed by atoms with Gasteiger partial charge in [-0.3, -0.25) is 4.79 Å². The van der Waals surface area contributed by atoms with Crippen LogP contribution in [0.2, 0.25) is 0 Å². The van der Waals surface area contributed by atoms with Gasteiger partial charge in [0.15, 0.2) is 9.84 Å². The van der Waals surface area contributed by atoms with Crippen molar-refractivity contribution in [3.05, 3.63) is 0 Å². The maximum absolute atomic E-state index is 12.5. The molecule has 1 amide bonds. The number of hydrogen-bond donors (Lipinski definition) is 1. The van der Waals surface area contributed by atoms with Crippen molar-refractivity contribution in [1.82, 2.24) is 4.90 Å². The Hall–Kier alpha value is -1.06. The Labute approximate surface area is 128 Å². The zero-order valence-corrected chi connectivity index (χ0v) is 13.7. The van der Waals surface area contributed by atoms with Gasteiger partial charge in [-0.2, -0.15) is 0 Å². The summed E-state index contributed by atoms with van der Waals surface area (Å²) in [7, 11) is -3.03. The van der Waals surface area contributed by atoms with E-state index in [0.29, 0.717) is 25.3 Å². The molecule has 2 N–H and O–H groups in total. The van der Waals surface area contributed by atoms with Crippen LogP contribution in [0.1, 0.15) is 33.1 Å². The molecule has 2 atom stereocenters. The second-order valence-corrected chi connectivity index (χ2v) is 8.45. The molecular formula is C15H26N2O3S. The van der Waals surface area contributed by atoms with Crippen molar-refractivity contribution in [2.45, 2.75) is 39.2 Å². The number of sulfone groups is 1. The van der Waals surface area contributed by atoms with Crippen LogP contribution in [0.15, 0.2) is 0 Å². The van der Waals surface area contributed by atoms with Crippen molar-refractivity contribution < 1.29 is 13.2 Å². The molecule has 21 heavy (non-hydrogen) atoms. The Kier molecular flexibility index (Phi) is 6.69. The number of rotatable bonds is 7. The van der Waals surface area contributed by atoms with E-state index in [4.69, 9.17) is 12.2 Å². The summed E-state index contributed by atoms with van der Waals surface area (Å²) in [5, 5.41) is 0. The van der Waals surface area contributed by atoms with E-state index in [0.717, 1.165) is 6.42 Å². The number of terminal acetylenes is 1. The maximum Gasteiger partial charge on any atom is 0.223 e. The van der Waals surface area contributed by atoms with Crippen molar-refractivity contribution in [3.63, 3.8) is 0 Å². The van der Waals surface area contributed by atoms with E-state index in [9.17, 15) is 13.2 Å². The van der Waals surface area contributed by atoms with E-state index in [1.807, 2.05) is 0 Å². The molecule has 1 saturated heterocycles. The predicted octanol–water partition coefficient (Wildman–Crippen LogP) is 0.646. The Morgan fingerprint density at radius 2 is 2.14 bits per heavy atom. The van der Waals surface area contributed by atoms with Gasteiger partial charge in [-0.15, -0.1) is 6.42 Å². The lowest BCUT2D eigenvalue weighted by Crippen LogP contribution is -2.42. The summed E-state index contributed by atoms with van der Waals surface area (Å²) in [6.45, 7) is 4.81. The highest BCUT2D eigenvalue weighted by Crippen LogP contribution is 2.21. The number of nitrogens with two attached hydrogens (primary N) is 1. The number of amides is 1. The molecule has 0 spiro atoms. The first-order valence-corrected chi connectivity index (χ1v) is 9.24. The van der Waals surface area contributed by atoms with Crippen LogP contribution in [0.3, 0.4) is 0 Å². The molecule has 0 bridgehead atoms. The largest absolute Gasteiger partial charge is 0.330 e. The Bertz CT molecular complexity index is 494. The fourth-order valence-corrected chi connectivity index (χ4v) is 4.56. The first-order valence-electron chi connectivity index (χ1n) is 7.42. The van der Waals surface area contributed by atoms with Crippen molar-refractivity contribution in [2.75, 3.05) is 24.6 Å². The van der Waals surface area contributed by atoms with Gasteiger partial charge in [0.25, 0.3) is 0 Å². The molecular weight excluding hydrogens is 288 g/mol. The van der Waals surface area contributed by atoms with E-state index >= 15 is 0 Å². The van der Waals surface area contributed by atoms with Gasteiger partial charge in [-0.1, -0.05) is 19.8 Å². The molecule has 1 heterocycles. The minimum Gasteiger partial charge on any atom is -0.330 e. The molecule has 120 valence electrons. The molecule has 1 aliphatic heterocycles. The summed E-state index contributed by atoms with van der Waals surface area (Å²) >= 11 is 0. The molecule has 1 fully saturated rings. The lowest BCUT2D eigenvalue weighted by Gasteiger charge is -2.28. The summed E-state index contributed by atoms with van der Waals surface area (Å²) in [5.41, 5.74) is 5.73. The van der Waals surface area contributed by atoms with Crippen LogP contribution < -0.4 is 5.73 Å². The minimum atomic E-state index is -3.03. The highest BCUT2D eigenvalue weighted by atomic mass is 32.2. The van der Waals surface area contributed by atoms with Crippen LogP contribution in [0, 0.1) is 24.2 Å². The van der Waals surface area contributed by atoms with Crippen molar-refractivity contribution >= 4 is 15.7 Å². The standard InChI is InChI=1S/C15H26N2O3S/c1-4-6-17(14-5-7-21(19,20)11-14)15(18)9-13(10-16)8-12(2)3/h1,12-14H,5-11,16H2,2-3H3. The van der Waals surface area contributed by atoms with Crippen LogP contribution in [0.4, 0.5) is 0 Å². The summed E-state index contributed by atoms with van der Waals surface area (Å²) in [6, 6.07) is -0.281. The van der Waals surface area contributed by atoms with Gasteiger partial charge in [0.2, 0.25) is 5.91 Å². The SMILES string of the molecule is C#CCN(C(=O)CC(CN)CC(C)C)C1CCS(=O)(=O)C1. The number of carbonyl (C=O) groups is 1. The molecule has 0 aromatic carbocycles. The molecule has 5 nitrogen and oxygen atoms in total. The van der Waals surface area contributed by atoms with Gasteiger partial charge in [-0.05, 0) is 31.2 Å². The van der Waals surface area contributed by atoms with E-state index in [1.165, 1.54) is 0 Å². The van der Waals surface area contributed by atoms with Crippen LogP contribution in [-0.4, -0.2) is 49.9 Å². The summed E-state index contributed by atoms with van der Waals surface area (Å²) < 4.78 is 23.2. The molecule has 0 aliphatic carbocycles.